The van der Waals surface area contributed by atoms with Gasteiger partial charge >= 0.3 is 0 Å². The molecule has 284 valence electrons. The van der Waals surface area contributed by atoms with Gasteiger partial charge < -0.3 is 26.8 Å². The molecular weight excluding hydrogens is 765 g/mol. The predicted molar refractivity (Wildman–Crippen MR) is 203 cm³/mol. The van der Waals surface area contributed by atoms with Gasteiger partial charge in [0.2, 0.25) is 0 Å². The molecule has 5 rings (SSSR count). The van der Waals surface area contributed by atoms with Crippen LogP contribution in [-0.2, 0) is 30.4 Å². The van der Waals surface area contributed by atoms with E-state index < -0.39 is 73.2 Å². The van der Waals surface area contributed by atoms with Crippen molar-refractivity contribution < 1.29 is 44.0 Å². The fraction of sp³-hybridized carbons (Fsp3) is 0.152. The molecule has 0 radical (unpaired) electrons. The first kappa shape index (κ1) is 39.5. The van der Waals surface area contributed by atoms with Gasteiger partial charge in [0.1, 0.15) is 20.4 Å². The molecule has 18 nitrogen and oxygen atoms in total. The molecule has 0 aromatic heterocycles. The number of benzene rings is 5. The summed E-state index contributed by atoms with van der Waals surface area (Å²) in [4.78, 5) is -0.382. The Morgan fingerprint density at radius 3 is 1.81 bits per heavy atom. The van der Waals surface area contributed by atoms with Crippen LogP contribution >= 0.6 is 0 Å². The summed E-state index contributed by atoms with van der Waals surface area (Å²) in [6.07, 6.45) is 0. The second-order valence-corrected chi connectivity index (χ2v) is 15.9. The SMILES string of the molecule is CCN(CC)c1ccc(N=Nc2ccc(Nc3ccc(N=Nc4c(S(=O)(=O)O)cc5cc(S(=O)(=O)O)c(N)c(N)c5c4O)cc3S(=O)(=O)O)cc2)c(C)c1. The van der Waals surface area contributed by atoms with Crippen molar-refractivity contribution in [2.75, 3.05) is 34.8 Å². The summed E-state index contributed by atoms with van der Waals surface area (Å²) in [5.74, 6) is -1.01. The van der Waals surface area contributed by atoms with E-state index in [0.29, 0.717) is 23.1 Å². The van der Waals surface area contributed by atoms with Crippen molar-refractivity contribution in [3.05, 3.63) is 78.4 Å². The van der Waals surface area contributed by atoms with E-state index in [9.17, 15) is 44.0 Å². The number of aromatic hydroxyl groups is 1. The lowest BCUT2D eigenvalue weighted by atomic mass is 10.1. The number of anilines is 5. The highest BCUT2D eigenvalue weighted by atomic mass is 32.2. The lowest BCUT2D eigenvalue weighted by Gasteiger charge is -2.21. The second-order valence-electron chi connectivity index (χ2n) is 11.7. The average molecular weight is 799 g/mol. The maximum atomic E-state index is 12.4. The first-order valence-electron chi connectivity index (χ1n) is 15.7. The normalized spacial score (nSPS) is 12.6. The number of hydrogen-bond acceptors (Lipinski definition) is 15. The van der Waals surface area contributed by atoms with Gasteiger partial charge in [-0.2, -0.15) is 40.6 Å². The van der Waals surface area contributed by atoms with Gasteiger partial charge in [0.25, 0.3) is 30.4 Å². The largest absolute Gasteiger partial charge is 0.505 e. The van der Waals surface area contributed by atoms with Crippen LogP contribution in [0.15, 0.2) is 108 Å². The molecule has 9 N–H and O–H groups in total. The molecule has 0 aliphatic heterocycles. The Morgan fingerprint density at radius 2 is 1.24 bits per heavy atom. The summed E-state index contributed by atoms with van der Waals surface area (Å²) in [5, 5.41) is 29.2. The van der Waals surface area contributed by atoms with E-state index in [2.05, 4.69) is 44.5 Å². The molecule has 0 aliphatic carbocycles. The Kier molecular flexibility index (Phi) is 10.9. The predicted octanol–water partition coefficient (Wildman–Crippen LogP) is 7.18. The number of nitrogens with one attached hydrogen (secondary N) is 1. The van der Waals surface area contributed by atoms with Crippen LogP contribution in [0.3, 0.4) is 0 Å². The molecule has 0 saturated heterocycles. The zero-order chi connectivity index (χ0) is 39.7. The van der Waals surface area contributed by atoms with Crippen molar-refractivity contribution in [2.24, 2.45) is 20.5 Å². The third kappa shape index (κ3) is 8.40. The third-order valence-electron chi connectivity index (χ3n) is 8.17. The van der Waals surface area contributed by atoms with Gasteiger partial charge in [-0.25, -0.2) is 0 Å². The van der Waals surface area contributed by atoms with E-state index in [4.69, 9.17) is 11.5 Å². The van der Waals surface area contributed by atoms with Crippen molar-refractivity contribution in [3.63, 3.8) is 0 Å². The van der Waals surface area contributed by atoms with Crippen molar-refractivity contribution in [3.8, 4) is 5.75 Å². The van der Waals surface area contributed by atoms with Crippen LogP contribution in [0, 0.1) is 6.92 Å². The third-order valence-corrected chi connectivity index (χ3v) is 10.8. The molecule has 0 unspecified atom stereocenters. The van der Waals surface area contributed by atoms with Crippen LogP contribution < -0.4 is 21.7 Å². The smallest absolute Gasteiger partial charge is 0.296 e. The Bertz CT molecular complexity index is 2680. The molecule has 5 aromatic carbocycles. The number of nitrogens with zero attached hydrogens (tertiary/aromatic N) is 5. The number of aryl methyl sites for hydroxylation is 1. The summed E-state index contributed by atoms with van der Waals surface area (Å²) in [5.41, 5.74) is 12.8. The van der Waals surface area contributed by atoms with Crippen LogP contribution in [-0.4, -0.2) is 57.1 Å². The summed E-state index contributed by atoms with van der Waals surface area (Å²) in [6, 6.07) is 17.2. The molecule has 0 saturated carbocycles. The highest BCUT2D eigenvalue weighted by Crippen LogP contribution is 2.46. The topological polar surface area (TPSA) is 300 Å². The van der Waals surface area contributed by atoms with Gasteiger partial charge in [-0.05, 0) is 105 Å². The summed E-state index contributed by atoms with van der Waals surface area (Å²) in [7, 11) is -15.0. The van der Waals surface area contributed by atoms with E-state index in [1.54, 1.807) is 24.3 Å². The molecule has 0 amide bonds. The molecule has 0 bridgehead atoms. The van der Waals surface area contributed by atoms with Gasteiger partial charge in [-0.3, -0.25) is 13.7 Å². The first-order valence-corrected chi connectivity index (χ1v) is 20.0. The van der Waals surface area contributed by atoms with Crippen LogP contribution in [0.2, 0.25) is 0 Å². The molecular formula is C33H34N8O10S3. The zero-order valence-corrected chi connectivity index (χ0v) is 31.1. The minimum Gasteiger partial charge on any atom is -0.505 e. The van der Waals surface area contributed by atoms with E-state index >= 15 is 0 Å². The maximum Gasteiger partial charge on any atom is 0.296 e. The number of nitrogen functional groups attached to an aromatic ring is 2. The summed E-state index contributed by atoms with van der Waals surface area (Å²) in [6.45, 7) is 7.84. The molecule has 0 spiro atoms. The maximum absolute atomic E-state index is 12.4. The van der Waals surface area contributed by atoms with E-state index in [0.717, 1.165) is 36.5 Å². The zero-order valence-electron chi connectivity index (χ0n) is 28.7. The van der Waals surface area contributed by atoms with E-state index in [-0.39, 0.29) is 16.8 Å². The van der Waals surface area contributed by atoms with Gasteiger partial charge in [-0.15, -0.1) is 5.11 Å². The lowest BCUT2D eigenvalue weighted by Crippen LogP contribution is -2.21. The quantitative estimate of drug-likeness (QED) is 0.0374. The Morgan fingerprint density at radius 1 is 0.667 bits per heavy atom. The number of hydrogen-bond donors (Lipinski definition) is 7. The number of phenols is 1. The standard InChI is InChI=1S/C33H34N8O10S3/c1-4-41(5-2)23-11-13-24(18(3)14-23)39-37-21-8-6-20(7-9-21)36-25-12-10-22(17-26(25)52(43,44)45)38-40-32-28(54(49,50)51)16-19-15-27(53(46,47)48)30(34)31(35)29(19)33(32)42/h6-17,36,42H,4-5,34-35H2,1-3H3,(H,43,44,45)(H,46,47,48)(H,49,50,51). The van der Waals surface area contributed by atoms with Gasteiger partial charge in [-0.1, -0.05) is 0 Å². The number of fused-ring (bicyclic) bond motifs is 1. The van der Waals surface area contributed by atoms with Gasteiger partial charge in [0.15, 0.2) is 5.75 Å². The van der Waals surface area contributed by atoms with Crippen molar-refractivity contribution in [2.45, 2.75) is 35.5 Å². The Hall–Kier alpha value is -5.71. The summed E-state index contributed by atoms with van der Waals surface area (Å²) < 4.78 is 102. The second kappa shape index (κ2) is 15.0. The average Bonchev–Trinajstić information content (AvgIpc) is 3.09. The first-order chi connectivity index (χ1) is 25.2. The molecule has 5 aromatic rings. The Balaban J connectivity index is 1.45. The monoisotopic (exact) mass is 798 g/mol. The number of nitrogens with two attached hydrogens (primary N) is 2. The van der Waals surface area contributed by atoms with E-state index in [1.807, 2.05) is 25.1 Å². The van der Waals surface area contributed by atoms with Crippen molar-refractivity contribution in [1.82, 2.24) is 0 Å². The summed E-state index contributed by atoms with van der Waals surface area (Å²) >= 11 is 0. The molecule has 0 aliphatic rings. The molecule has 0 fully saturated rings. The van der Waals surface area contributed by atoms with E-state index in [1.165, 1.54) is 12.1 Å². The van der Waals surface area contributed by atoms with Crippen molar-refractivity contribution >= 4 is 92.3 Å². The molecule has 0 heterocycles. The van der Waals surface area contributed by atoms with Crippen LogP contribution in [0.5, 0.6) is 5.75 Å². The highest BCUT2D eigenvalue weighted by Gasteiger charge is 2.27. The molecule has 0 atom stereocenters. The van der Waals surface area contributed by atoms with Gasteiger partial charge in [0.05, 0.1) is 39.5 Å². The fourth-order valence-electron chi connectivity index (χ4n) is 5.46. The number of azo groups is 2. The van der Waals surface area contributed by atoms with Crippen LogP contribution in [0.4, 0.5) is 51.2 Å². The minimum absolute atomic E-state index is 0.0835. The van der Waals surface area contributed by atoms with Crippen LogP contribution in [0.25, 0.3) is 10.8 Å². The lowest BCUT2D eigenvalue weighted by molar-refractivity contribution is 0.472. The fourth-order valence-corrected chi connectivity index (χ4v) is 7.45. The number of rotatable bonds is 12. The van der Waals surface area contributed by atoms with Crippen molar-refractivity contribution in [1.29, 1.82) is 0 Å². The molecule has 21 heteroatoms. The Labute approximate surface area is 310 Å². The minimum atomic E-state index is -5.18. The molecule has 54 heavy (non-hydrogen) atoms. The highest BCUT2D eigenvalue weighted by molar-refractivity contribution is 7.86. The number of phenolic OH excluding ortho intramolecular Hbond substituents is 1. The van der Waals surface area contributed by atoms with Gasteiger partial charge in [0, 0.05) is 24.5 Å². The van der Waals surface area contributed by atoms with Crippen LogP contribution in [0.1, 0.15) is 19.4 Å².